The van der Waals surface area contributed by atoms with Gasteiger partial charge in [0.15, 0.2) is 0 Å². The topological polar surface area (TPSA) is 72.2 Å². The van der Waals surface area contributed by atoms with E-state index in [9.17, 15) is 8.42 Å². The zero-order valence-corrected chi connectivity index (χ0v) is 14.2. The van der Waals surface area contributed by atoms with Gasteiger partial charge in [-0.05, 0) is 48.1 Å². The Hall–Kier alpha value is -1.08. The Morgan fingerprint density at radius 1 is 1.38 bits per heavy atom. The fraction of sp³-hybridized carbons (Fsp3) is 0.286. The second kappa shape index (κ2) is 6.36. The molecule has 114 valence electrons. The van der Waals surface area contributed by atoms with Gasteiger partial charge < -0.3 is 5.73 Å². The van der Waals surface area contributed by atoms with E-state index >= 15 is 0 Å². The van der Waals surface area contributed by atoms with Crippen LogP contribution in [0.3, 0.4) is 0 Å². The molecule has 0 atom stereocenters. The lowest BCUT2D eigenvalue weighted by Gasteiger charge is -2.10. The van der Waals surface area contributed by atoms with Gasteiger partial charge in [-0.25, -0.2) is 13.1 Å². The maximum absolute atomic E-state index is 12.3. The van der Waals surface area contributed by atoms with Crippen molar-refractivity contribution in [2.45, 2.75) is 31.7 Å². The molecule has 0 amide bonds. The second-order valence-corrected chi connectivity index (χ2v) is 7.84. The summed E-state index contributed by atoms with van der Waals surface area (Å²) >= 11 is 7.54. The molecule has 3 N–H and O–H groups in total. The van der Waals surface area contributed by atoms with Gasteiger partial charge in [0, 0.05) is 22.1 Å². The highest BCUT2D eigenvalue weighted by Gasteiger charge is 2.17. The van der Waals surface area contributed by atoms with Crippen LogP contribution in [0.2, 0.25) is 5.02 Å². The van der Waals surface area contributed by atoms with Crippen molar-refractivity contribution in [1.82, 2.24) is 4.72 Å². The minimum absolute atomic E-state index is 0.0882. The minimum atomic E-state index is -3.63. The summed E-state index contributed by atoms with van der Waals surface area (Å²) in [4.78, 5) is 1.11. The van der Waals surface area contributed by atoms with Gasteiger partial charge in [-0.1, -0.05) is 18.5 Å². The Labute approximate surface area is 134 Å². The number of sulfonamides is 1. The normalized spacial score (nSPS) is 11.8. The van der Waals surface area contributed by atoms with Crippen molar-refractivity contribution >= 4 is 38.6 Å². The molecule has 0 unspecified atom stereocenters. The van der Waals surface area contributed by atoms with Gasteiger partial charge in [0.1, 0.15) is 0 Å². The monoisotopic (exact) mass is 344 g/mol. The summed E-state index contributed by atoms with van der Waals surface area (Å²) in [6, 6.07) is 4.86. The van der Waals surface area contributed by atoms with Crippen molar-refractivity contribution in [2.75, 3.05) is 5.73 Å². The summed E-state index contributed by atoms with van der Waals surface area (Å²) in [7, 11) is -3.63. The van der Waals surface area contributed by atoms with Gasteiger partial charge in [0.05, 0.1) is 4.90 Å². The van der Waals surface area contributed by atoms with E-state index in [4.69, 9.17) is 17.3 Å². The third-order valence-electron chi connectivity index (χ3n) is 3.31. The van der Waals surface area contributed by atoms with E-state index in [1.54, 1.807) is 18.3 Å². The molecular formula is C14H17ClN2O2S2. The van der Waals surface area contributed by atoms with E-state index < -0.39 is 10.0 Å². The van der Waals surface area contributed by atoms with Crippen molar-refractivity contribution in [3.05, 3.63) is 44.6 Å². The zero-order valence-electron chi connectivity index (χ0n) is 11.8. The second-order valence-electron chi connectivity index (χ2n) is 4.67. The summed E-state index contributed by atoms with van der Waals surface area (Å²) in [5.41, 5.74) is 7.99. The molecule has 0 fully saturated rings. The Bertz CT molecular complexity index is 731. The van der Waals surface area contributed by atoms with Crippen LogP contribution in [0.15, 0.2) is 28.5 Å². The molecule has 2 rings (SSSR count). The summed E-state index contributed by atoms with van der Waals surface area (Å²) in [6.07, 6.45) is 0.879. The number of nitrogens with two attached hydrogens (primary N) is 1. The third kappa shape index (κ3) is 3.58. The number of anilines is 1. The zero-order chi connectivity index (χ0) is 15.6. The average Bonchev–Trinajstić information content (AvgIpc) is 2.89. The lowest BCUT2D eigenvalue weighted by Crippen LogP contribution is -2.23. The number of benzene rings is 1. The predicted molar refractivity (Wildman–Crippen MR) is 88.3 cm³/mol. The van der Waals surface area contributed by atoms with Crippen LogP contribution in [0.25, 0.3) is 0 Å². The van der Waals surface area contributed by atoms with Gasteiger partial charge in [0.2, 0.25) is 10.0 Å². The van der Waals surface area contributed by atoms with Gasteiger partial charge in [-0.3, -0.25) is 0 Å². The van der Waals surface area contributed by atoms with Crippen molar-refractivity contribution in [2.24, 2.45) is 0 Å². The van der Waals surface area contributed by atoms with Crippen LogP contribution in [-0.4, -0.2) is 8.42 Å². The van der Waals surface area contributed by atoms with Crippen LogP contribution in [0.1, 0.15) is 22.9 Å². The molecule has 1 heterocycles. The third-order valence-corrected chi connectivity index (χ3v) is 6.05. The number of thiophene rings is 1. The standard InChI is InChI=1S/C14H17ClN2O2S2/c1-3-10-4-5-20-14(10)8-17-21(18,19)11-6-12(15)9(2)13(16)7-11/h4-7,17H,3,8,16H2,1-2H3. The number of halogens is 1. The molecule has 0 saturated carbocycles. The van der Waals surface area contributed by atoms with Crippen LogP contribution in [-0.2, 0) is 23.0 Å². The van der Waals surface area contributed by atoms with Gasteiger partial charge in [0.25, 0.3) is 0 Å². The van der Waals surface area contributed by atoms with Crippen molar-refractivity contribution < 1.29 is 8.42 Å². The number of hydrogen-bond acceptors (Lipinski definition) is 4. The fourth-order valence-electron chi connectivity index (χ4n) is 1.91. The molecule has 0 saturated heterocycles. The van der Waals surface area contributed by atoms with Gasteiger partial charge in [-0.2, -0.15) is 0 Å². The molecule has 1 aromatic heterocycles. The molecule has 0 aliphatic rings. The van der Waals surface area contributed by atoms with Crippen LogP contribution < -0.4 is 10.5 Å². The predicted octanol–water partition coefficient (Wildman–Crippen LogP) is 3.33. The molecule has 0 aliphatic carbocycles. The molecule has 1 aromatic carbocycles. The Morgan fingerprint density at radius 3 is 2.71 bits per heavy atom. The first-order valence-electron chi connectivity index (χ1n) is 6.45. The molecule has 0 radical (unpaired) electrons. The molecule has 0 spiro atoms. The molecule has 0 aliphatic heterocycles. The quantitative estimate of drug-likeness (QED) is 0.817. The maximum Gasteiger partial charge on any atom is 0.241 e. The first kappa shape index (κ1) is 16.3. The molecule has 21 heavy (non-hydrogen) atoms. The van der Waals surface area contributed by atoms with E-state index in [0.29, 0.717) is 16.3 Å². The van der Waals surface area contributed by atoms with Crippen molar-refractivity contribution in [1.29, 1.82) is 0 Å². The Balaban J connectivity index is 2.23. The largest absolute Gasteiger partial charge is 0.398 e. The minimum Gasteiger partial charge on any atom is -0.398 e. The Kier molecular flexibility index (Phi) is 4.93. The molecule has 0 bridgehead atoms. The van der Waals surface area contributed by atoms with Crippen LogP contribution in [0.4, 0.5) is 5.69 Å². The van der Waals surface area contributed by atoms with E-state index in [-0.39, 0.29) is 11.4 Å². The summed E-state index contributed by atoms with van der Waals surface area (Å²) in [5.74, 6) is 0. The van der Waals surface area contributed by atoms with Crippen molar-refractivity contribution in [3.63, 3.8) is 0 Å². The van der Waals surface area contributed by atoms with E-state index in [0.717, 1.165) is 16.9 Å². The highest BCUT2D eigenvalue weighted by atomic mass is 35.5. The summed E-state index contributed by atoms with van der Waals surface area (Å²) < 4.78 is 27.2. The molecule has 7 heteroatoms. The SMILES string of the molecule is CCc1ccsc1CNS(=O)(=O)c1cc(N)c(C)c(Cl)c1. The number of rotatable bonds is 5. The molecule has 4 nitrogen and oxygen atoms in total. The number of aryl methyl sites for hydroxylation is 1. The molecule has 2 aromatic rings. The van der Waals surface area contributed by atoms with E-state index in [1.165, 1.54) is 12.1 Å². The highest BCUT2D eigenvalue weighted by molar-refractivity contribution is 7.89. The van der Waals surface area contributed by atoms with Gasteiger partial charge in [-0.15, -0.1) is 11.3 Å². The molecular weight excluding hydrogens is 328 g/mol. The van der Waals surface area contributed by atoms with E-state index in [1.807, 2.05) is 18.4 Å². The van der Waals surface area contributed by atoms with Crippen LogP contribution >= 0.6 is 22.9 Å². The lowest BCUT2D eigenvalue weighted by atomic mass is 10.2. The Morgan fingerprint density at radius 2 is 2.10 bits per heavy atom. The van der Waals surface area contributed by atoms with Crippen LogP contribution in [0.5, 0.6) is 0 Å². The summed E-state index contributed by atoms with van der Waals surface area (Å²) in [6.45, 7) is 4.07. The maximum atomic E-state index is 12.3. The van der Waals surface area contributed by atoms with Gasteiger partial charge >= 0.3 is 0 Å². The summed E-state index contributed by atoms with van der Waals surface area (Å²) in [5, 5.41) is 2.31. The fourth-order valence-corrected chi connectivity index (χ4v) is 4.27. The number of nitrogen functional groups attached to an aromatic ring is 1. The first-order chi connectivity index (χ1) is 9.85. The highest BCUT2D eigenvalue weighted by Crippen LogP contribution is 2.26. The van der Waals surface area contributed by atoms with Crippen molar-refractivity contribution in [3.8, 4) is 0 Å². The van der Waals surface area contributed by atoms with E-state index in [2.05, 4.69) is 4.72 Å². The number of nitrogens with one attached hydrogen (secondary N) is 1. The average molecular weight is 345 g/mol. The smallest absolute Gasteiger partial charge is 0.241 e. The lowest BCUT2D eigenvalue weighted by molar-refractivity contribution is 0.581. The number of hydrogen-bond donors (Lipinski definition) is 2. The van der Waals surface area contributed by atoms with Crippen LogP contribution in [0, 0.1) is 6.92 Å². The first-order valence-corrected chi connectivity index (χ1v) is 9.19.